The van der Waals surface area contributed by atoms with Crippen LogP contribution in [0.25, 0.3) is 11.0 Å². The maximum absolute atomic E-state index is 11.3. The van der Waals surface area contributed by atoms with Crippen molar-refractivity contribution in [3.8, 4) is 0 Å². The van der Waals surface area contributed by atoms with Crippen LogP contribution in [0.5, 0.6) is 0 Å². The summed E-state index contributed by atoms with van der Waals surface area (Å²) in [7, 11) is 1.34. The molecule has 76 valence electrons. The maximum atomic E-state index is 11.3. The Morgan fingerprint density at radius 3 is 2.80 bits per heavy atom. The van der Waals surface area contributed by atoms with Crippen molar-refractivity contribution < 1.29 is 9.53 Å². The fraction of sp³-hybridized carbons (Fsp3) is 0.100. The molecule has 0 saturated heterocycles. The van der Waals surface area contributed by atoms with Gasteiger partial charge in [0.1, 0.15) is 5.52 Å². The lowest BCUT2D eigenvalue weighted by Gasteiger charge is -2.02. The minimum atomic E-state index is -0.386. The van der Waals surface area contributed by atoms with Crippen LogP contribution in [0.4, 0.5) is 0 Å². The largest absolute Gasteiger partial charge is 0.465 e. The number of benzene rings is 1. The molecule has 0 fully saturated rings. The summed E-state index contributed by atoms with van der Waals surface area (Å²) in [5.74, 6) is -0.386. The number of halogens is 1. The van der Waals surface area contributed by atoms with Gasteiger partial charge in [-0.05, 0) is 28.1 Å². The summed E-state index contributed by atoms with van der Waals surface area (Å²) in [5.41, 5.74) is 1.84. The first-order valence-corrected chi connectivity index (χ1v) is 5.00. The lowest BCUT2D eigenvalue weighted by molar-refractivity contribution is 0.0601. The fourth-order valence-corrected chi connectivity index (χ4v) is 1.82. The number of aromatic nitrogens is 2. The molecule has 0 bridgehead atoms. The van der Waals surface area contributed by atoms with E-state index in [0.717, 1.165) is 9.99 Å². The number of fused-ring (bicyclic) bond motifs is 1. The number of hydrogen-bond donors (Lipinski definition) is 0. The van der Waals surface area contributed by atoms with Gasteiger partial charge in [-0.15, -0.1) is 0 Å². The van der Waals surface area contributed by atoms with Crippen LogP contribution in [-0.4, -0.2) is 23.0 Å². The molecule has 0 aliphatic carbocycles. The van der Waals surface area contributed by atoms with Crippen LogP contribution in [0.3, 0.4) is 0 Å². The van der Waals surface area contributed by atoms with E-state index in [4.69, 9.17) is 0 Å². The minimum Gasteiger partial charge on any atom is -0.465 e. The number of esters is 1. The molecule has 0 radical (unpaired) electrons. The van der Waals surface area contributed by atoms with E-state index in [1.807, 2.05) is 0 Å². The molecular formula is C10H7BrN2O2. The Kier molecular flexibility index (Phi) is 2.64. The second-order valence-corrected chi connectivity index (χ2v) is 3.73. The van der Waals surface area contributed by atoms with Crippen molar-refractivity contribution >= 4 is 32.9 Å². The van der Waals surface area contributed by atoms with E-state index in [-0.39, 0.29) is 5.97 Å². The predicted molar refractivity (Wildman–Crippen MR) is 58.6 cm³/mol. The molecule has 0 aliphatic heterocycles. The number of hydrogen-bond acceptors (Lipinski definition) is 4. The lowest BCUT2D eigenvalue weighted by Crippen LogP contribution is -2.01. The topological polar surface area (TPSA) is 52.1 Å². The summed E-state index contributed by atoms with van der Waals surface area (Å²) in [6, 6.07) is 3.32. The third-order valence-corrected chi connectivity index (χ3v) is 2.55. The zero-order chi connectivity index (χ0) is 10.8. The van der Waals surface area contributed by atoms with Gasteiger partial charge in [0.25, 0.3) is 0 Å². The van der Waals surface area contributed by atoms with Crippen molar-refractivity contribution in [1.82, 2.24) is 9.97 Å². The van der Waals surface area contributed by atoms with Gasteiger partial charge < -0.3 is 4.74 Å². The number of carbonyl (C=O) groups excluding carboxylic acids is 1. The predicted octanol–water partition coefficient (Wildman–Crippen LogP) is 2.18. The lowest BCUT2D eigenvalue weighted by atomic mass is 10.2. The molecule has 1 aromatic heterocycles. The van der Waals surface area contributed by atoms with Crippen LogP contribution in [0, 0.1) is 0 Å². The summed E-state index contributed by atoms with van der Waals surface area (Å²) >= 11 is 3.33. The molecule has 0 spiro atoms. The summed E-state index contributed by atoms with van der Waals surface area (Å²) < 4.78 is 5.36. The Morgan fingerprint density at radius 2 is 2.07 bits per heavy atom. The smallest absolute Gasteiger partial charge is 0.337 e. The number of rotatable bonds is 1. The molecule has 0 amide bonds. The Morgan fingerprint density at radius 1 is 1.33 bits per heavy atom. The molecular weight excluding hydrogens is 260 g/mol. The van der Waals surface area contributed by atoms with Crippen molar-refractivity contribution in [3.05, 3.63) is 34.6 Å². The standard InChI is InChI=1S/C10H7BrN2O2/c1-15-10(14)6-4-7(11)9-8(5-6)12-2-3-13-9/h2-5H,1H3. The second-order valence-electron chi connectivity index (χ2n) is 2.87. The average Bonchev–Trinajstić information content (AvgIpc) is 2.28. The van der Waals surface area contributed by atoms with Crippen molar-refractivity contribution in [2.24, 2.45) is 0 Å². The molecule has 1 heterocycles. The molecule has 0 saturated carbocycles. The summed E-state index contributed by atoms with van der Waals surface area (Å²) in [6.45, 7) is 0. The normalized spacial score (nSPS) is 10.3. The van der Waals surface area contributed by atoms with Gasteiger partial charge in [-0.1, -0.05) is 0 Å². The first kappa shape index (κ1) is 10.0. The molecule has 2 rings (SSSR count). The third-order valence-electron chi connectivity index (χ3n) is 1.95. The molecule has 4 nitrogen and oxygen atoms in total. The van der Waals surface area contributed by atoms with Crippen LogP contribution in [0.2, 0.25) is 0 Å². The van der Waals surface area contributed by atoms with Crippen LogP contribution in [0.1, 0.15) is 10.4 Å². The molecule has 0 aliphatic rings. The van der Waals surface area contributed by atoms with E-state index < -0.39 is 0 Å². The third kappa shape index (κ3) is 1.83. The highest BCUT2D eigenvalue weighted by molar-refractivity contribution is 9.10. The van der Waals surface area contributed by atoms with Gasteiger partial charge >= 0.3 is 5.97 Å². The number of carbonyl (C=O) groups is 1. The number of nitrogens with zero attached hydrogens (tertiary/aromatic N) is 2. The first-order valence-electron chi connectivity index (χ1n) is 4.21. The summed E-state index contributed by atoms with van der Waals surface area (Å²) in [4.78, 5) is 19.6. The Balaban J connectivity index is 2.67. The molecule has 0 unspecified atom stereocenters. The van der Waals surface area contributed by atoms with Gasteiger partial charge in [0.15, 0.2) is 0 Å². The van der Waals surface area contributed by atoms with Gasteiger partial charge in [-0.25, -0.2) is 4.79 Å². The van der Waals surface area contributed by atoms with Crippen LogP contribution >= 0.6 is 15.9 Å². The van der Waals surface area contributed by atoms with Crippen molar-refractivity contribution in [2.45, 2.75) is 0 Å². The van der Waals surface area contributed by atoms with E-state index >= 15 is 0 Å². The highest BCUT2D eigenvalue weighted by atomic mass is 79.9. The molecule has 15 heavy (non-hydrogen) atoms. The van der Waals surface area contributed by atoms with Crippen LogP contribution in [0.15, 0.2) is 29.0 Å². The highest BCUT2D eigenvalue weighted by Crippen LogP contribution is 2.22. The van der Waals surface area contributed by atoms with E-state index in [2.05, 4.69) is 30.6 Å². The Labute approximate surface area is 94.4 Å². The molecule has 1 aromatic carbocycles. The van der Waals surface area contributed by atoms with Crippen molar-refractivity contribution in [3.63, 3.8) is 0 Å². The van der Waals surface area contributed by atoms with E-state index in [1.165, 1.54) is 7.11 Å². The molecule has 0 atom stereocenters. The fourth-order valence-electron chi connectivity index (χ4n) is 1.27. The van der Waals surface area contributed by atoms with E-state index in [0.29, 0.717) is 11.1 Å². The van der Waals surface area contributed by atoms with Gasteiger partial charge in [-0.3, -0.25) is 9.97 Å². The van der Waals surface area contributed by atoms with Crippen LogP contribution in [-0.2, 0) is 4.74 Å². The number of methoxy groups -OCH3 is 1. The highest BCUT2D eigenvalue weighted by Gasteiger charge is 2.10. The molecule has 5 heteroatoms. The van der Waals surface area contributed by atoms with Gasteiger partial charge in [-0.2, -0.15) is 0 Å². The van der Waals surface area contributed by atoms with Crippen LogP contribution < -0.4 is 0 Å². The summed E-state index contributed by atoms with van der Waals surface area (Å²) in [6.07, 6.45) is 3.18. The molecule has 2 aromatic rings. The Hall–Kier alpha value is -1.49. The average molecular weight is 267 g/mol. The van der Waals surface area contributed by atoms with Gasteiger partial charge in [0.2, 0.25) is 0 Å². The zero-order valence-electron chi connectivity index (χ0n) is 7.90. The van der Waals surface area contributed by atoms with Gasteiger partial charge in [0, 0.05) is 16.9 Å². The quantitative estimate of drug-likeness (QED) is 0.743. The maximum Gasteiger partial charge on any atom is 0.337 e. The second kappa shape index (κ2) is 3.94. The minimum absolute atomic E-state index is 0.386. The summed E-state index contributed by atoms with van der Waals surface area (Å²) in [5, 5.41) is 0. The zero-order valence-corrected chi connectivity index (χ0v) is 9.48. The van der Waals surface area contributed by atoms with E-state index in [9.17, 15) is 4.79 Å². The first-order chi connectivity index (χ1) is 7.22. The monoisotopic (exact) mass is 266 g/mol. The number of ether oxygens (including phenoxy) is 1. The van der Waals surface area contributed by atoms with E-state index in [1.54, 1.807) is 24.5 Å². The SMILES string of the molecule is COC(=O)c1cc(Br)c2nccnc2c1. The van der Waals surface area contributed by atoms with Gasteiger partial charge in [0.05, 0.1) is 18.2 Å². The van der Waals surface area contributed by atoms with Crippen molar-refractivity contribution in [2.75, 3.05) is 7.11 Å². The molecule has 0 N–H and O–H groups in total. The van der Waals surface area contributed by atoms with Crippen molar-refractivity contribution in [1.29, 1.82) is 0 Å². The Bertz CT molecular complexity index is 528.